The summed E-state index contributed by atoms with van der Waals surface area (Å²) in [6.07, 6.45) is 0. The highest BCUT2D eigenvalue weighted by molar-refractivity contribution is 6.32. The third kappa shape index (κ3) is 3.56. The van der Waals surface area contributed by atoms with Crippen molar-refractivity contribution in [3.63, 3.8) is 0 Å². The van der Waals surface area contributed by atoms with Crippen LogP contribution in [0.25, 0.3) is 0 Å². The second-order valence-electron chi connectivity index (χ2n) is 4.28. The quantitative estimate of drug-likeness (QED) is 0.670. The first-order chi connectivity index (χ1) is 10.0. The van der Waals surface area contributed by atoms with Crippen LogP contribution in [-0.2, 0) is 6.54 Å². The van der Waals surface area contributed by atoms with Gasteiger partial charge in [0.1, 0.15) is 5.02 Å². The molecular weight excluding hydrogens is 294 g/mol. The molecule has 108 valence electrons. The summed E-state index contributed by atoms with van der Waals surface area (Å²) < 4.78 is 0. The van der Waals surface area contributed by atoms with E-state index in [2.05, 4.69) is 5.32 Å². The number of carbonyl (C=O) groups excluding carboxylic acids is 1. The van der Waals surface area contributed by atoms with Crippen molar-refractivity contribution in [1.29, 1.82) is 0 Å². The third-order valence-corrected chi connectivity index (χ3v) is 3.17. The number of nitro benzene ring substituents is 1. The van der Waals surface area contributed by atoms with E-state index in [0.29, 0.717) is 12.2 Å². The zero-order valence-corrected chi connectivity index (χ0v) is 11.6. The SMILES string of the molecule is NCc1ccc(NC(=O)c2ccc(Cl)c([N+](=O)[O-])c2)cc1. The minimum atomic E-state index is -0.630. The van der Waals surface area contributed by atoms with Crippen molar-refractivity contribution < 1.29 is 9.72 Å². The maximum atomic E-state index is 12.1. The lowest BCUT2D eigenvalue weighted by atomic mass is 10.1. The van der Waals surface area contributed by atoms with Gasteiger partial charge in [-0.05, 0) is 29.8 Å². The van der Waals surface area contributed by atoms with Gasteiger partial charge in [0.15, 0.2) is 0 Å². The summed E-state index contributed by atoms with van der Waals surface area (Å²) in [4.78, 5) is 22.2. The molecule has 0 aliphatic rings. The average molecular weight is 306 g/mol. The molecule has 21 heavy (non-hydrogen) atoms. The molecule has 0 unspecified atom stereocenters. The number of nitrogens with one attached hydrogen (secondary N) is 1. The lowest BCUT2D eigenvalue weighted by Gasteiger charge is -2.06. The predicted octanol–water partition coefficient (Wildman–Crippen LogP) is 2.96. The van der Waals surface area contributed by atoms with Crippen LogP contribution in [0, 0.1) is 10.1 Å². The van der Waals surface area contributed by atoms with Gasteiger partial charge in [0.2, 0.25) is 0 Å². The number of amides is 1. The molecule has 0 saturated heterocycles. The van der Waals surface area contributed by atoms with Crippen LogP contribution < -0.4 is 11.1 Å². The molecule has 6 nitrogen and oxygen atoms in total. The van der Waals surface area contributed by atoms with Gasteiger partial charge in [-0.3, -0.25) is 14.9 Å². The number of nitrogens with zero attached hydrogens (tertiary/aromatic N) is 1. The van der Waals surface area contributed by atoms with Gasteiger partial charge in [0, 0.05) is 23.9 Å². The van der Waals surface area contributed by atoms with Crippen LogP contribution in [-0.4, -0.2) is 10.8 Å². The third-order valence-electron chi connectivity index (χ3n) is 2.85. The van der Waals surface area contributed by atoms with E-state index in [0.717, 1.165) is 11.6 Å². The molecule has 7 heteroatoms. The first-order valence-corrected chi connectivity index (χ1v) is 6.43. The van der Waals surface area contributed by atoms with E-state index in [1.54, 1.807) is 24.3 Å². The first kappa shape index (κ1) is 15.0. The molecule has 2 aromatic carbocycles. The molecular formula is C14H12ClN3O3. The molecule has 0 aliphatic carbocycles. The van der Waals surface area contributed by atoms with Gasteiger partial charge in [-0.1, -0.05) is 23.7 Å². The lowest BCUT2D eigenvalue weighted by molar-refractivity contribution is -0.384. The second-order valence-corrected chi connectivity index (χ2v) is 4.69. The van der Waals surface area contributed by atoms with Crippen molar-refractivity contribution >= 4 is 28.9 Å². The molecule has 0 fully saturated rings. The molecule has 0 aliphatic heterocycles. The summed E-state index contributed by atoms with van der Waals surface area (Å²) in [5.74, 6) is -0.449. The number of nitrogens with two attached hydrogens (primary N) is 1. The fourth-order valence-corrected chi connectivity index (χ4v) is 1.91. The zero-order valence-electron chi connectivity index (χ0n) is 10.9. The van der Waals surface area contributed by atoms with E-state index in [9.17, 15) is 14.9 Å². The van der Waals surface area contributed by atoms with Gasteiger partial charge in [0.25, 0.3) is 11.6 Å². The van der Waals surface area contributed by atoms with Crippen molar-refractivity contribution in [2.75, 3.05) is 5.32 Å². The number of anilines is 1. The molecule has 2 aromatic rings. The van der Waals surface area contributed by atoms with Crippen molar-refractivity contribution in [3.8, 4) is 0 Å². The topological polar surface area (TPSA) is 98.3 Å². The molecule has 0 atom stereocenters. The highest BCUT2D eigenvalue weighted by Gasteiger charge is 2.16. The maximum absolute atomic E-state index is 12.1. The summed E-state index contributed by atoms with van der Waals surface area (Å²) in [5.41, 5.74) is 6.86. The van der Waals surface area contributed by atoms with E-state index in [4.69, 9.17) is 17.3 Å². The number of hydrogen-bond acceptors (Lipinski definition) is 4. The zero-order chi connectivity index (χ0) is 15.4. The van der Waals surface area contributed by atoms with Gasteiger partial charge in [-0.15, -0.1) is 0 Å². The summed E-state index contributed by atoms with van der Waals surface area (Å²) in [7, 11) is 0. The van der Waals surface area contributed by atoms with Crippen LogP contribution in [0.5, 0.6) is 0 Å². The van der Waals surface area contributed by atoms with Crippen LogP contribution in [0.1, 0.15) is 15.9 Å². The molecule has 2 rings (SSSR count). The standard InChI is InChI=1S/C14H12ClN3O3/c15-12-6-3-10(7-13(12)18(20)21)14(19)17-11-4-1-9(8-16)2-5-11/h1-7H,8,16H2,(H,17,19). The van der Waals surface area contributed by atoms with Crippen LogP contribution in [0.3, 0.4) is 0 Å². The van der Waals surface area contributed by atoms with E-state index in [-0.39, 0.29) is 16.3 Å². The van der Waals surface area contributed by atoms with Crippen molar-refractivity contribution in [2.24, 2.45) is 5.73 Å². The van der Waals surface area contributed by atoms with Crippen LogP contribution >= 0.6 is 11.6 Å². The minimum absolute atomic E-state index is 0.0103. The number of rotatable bonds is 4. The number of halogens is 1. The lowest BCUT2D eigenvalue weighted by Crippen LogP contribution is -2.12. The molecule has 0 bridgehead atoms. The molecule has 0 aromatic heterocycles. The fraction of sp³-hybridized carbons (Fsp3) is 0.0714. The number of benzene rings is 2. The van der Waals surface area contributed by atoms with Gasteiger partial charge < -0.3 is 11.1 Å². The Morgan fingerprint density at radius 2 is 1.90 bits per heavy atom. The highest BCUT2D eigenvalue weighted by Crippen LogP contribution is 2.25. The first-order valence-electron chi connectivity index (χ1n) is 6.05. The van der Waals surface area contributed by atoms with Gasteiger partial charge in [-0.2, -0.15) is 0 Å². The van der Waals surface area contributed by atoms with Crippen molar-refractivity contribution in [2.45, 2.75) is 6.54 Å². The summed E-state index contributed by atoms with van der Waals surface area (Å²) in [6, 6.07) is 10.9. The van der Waals surface area contributed by atoms with Crippen LogP contribution in [0.4, 0.5) is 11.4 Å². The number of nitro groups is 1. The van der Waals surface area contributed by atoms with E-state index in [1.165, 1.54) is 12.1 Å². The minimum Gasteiger partial charge on any atom is -0.326 e. The van der Waals surface area contributed by atoms with Gasteiger partial charge in [0.05, 0.1) is 4.92 Å². The Morgan fingerprint density at radius 3 is 2.48 bits per heavy atom. The fourth-order valence-electron chi connectivity index (χ4n) is 1.72. The number of hydrogen-bond donors (Lipinski definition) is 2. The average Bonchev–Trinajstić information content (AvgIpc) is 2.48. The molecule has 3 N–H and O–H groups in total. The molecule has 0 radical (unpaired) electrons. The molecule has 1 amide bonds. The van der Waals surface area contributed by atoms with Gasteiger partial charge >= 0.3 is 0 Å². The number of carbonyl (C=O) groups is 1. The monoisotopic (exact) mass is 305 g/mol. The Hall–Kier alpha value is -2.44. The predicted molar refractivity (Wildman–Crippen MR) is 80.4 cm³/mol. The van der Waals surface area contributed by atoms with E-state index in [1.807, 2.05) is 0 Å². The normalized spacial score (nSPS) is 10.2. The molecule has 0 heterocycles. The Bertz CT molecular complexity index is 686. The largest absolute Gasteiger partial charge is 0.326 e. The van der Waals surface area contributed by atoms with Crippen LogP contribution in [0.2, 0.25) is 5.02 Å². The second kappa shape index (κ2) is 6.34. The summed E-state index contributed by atoms with van der Waals surface area (Å²) in [6.45, 7) is 0.414. The van der Waals surface area contributed by atoms with E-state index < -0.39 is 10.8 Å². The molecule has 0 saturated carbocycles. The Morgan fingerprint density at radius 1 is 1.24 bits per heavy atom. The van der Waals surface area contributed by atoms with E-state index >= 15 is 0 Å². The molecule has 0 spiro atoms. The summed E-state index contributed by atoms with van der Waals surface area (Å²) in [5, 5.41) is 13.4. The van der Waals surface area contributed by atoms with Crippen molar-refractivity contribution in [1.82, 2.24) is 0 Å². The van der Waals surface area contributed by atoms with Crippen molar-refractivity contribution in [3.05, 3.63) is 68.7 Å². The summed E-state index contributed by atoms with van der Waals surface area (Å²) >= 11 is 5.70. The van der Waals surface area contributed by atoms with Crippen LogP contribution in [0.15, 0.2) is 42.5 Å². The van der Waals surface area contributed by atoms with Gasteiger partial charge in [-0.25, -0.2) is 0 Å². The highest BCUT2D eigenvalue weighted by atomic mass is 35.5. The smallest absolute Gasteiger partial charge is 0.288 e. The maximum Gasteiger partial charge on any atom is 0.288 e. The Kier molecular flexibility index (Phi) is 4.52. The Labute approximate surface area is 125 Å². The Balaban J connectivity index is 2.19.